The van der Waals surface area contributed by atoms with Gasteiger partial charge in [0, 0.05) is 42.9 Å². The highest BCUT2D eigenvalue weighted by Gasteiger charge is 2.65. The Labute approximate surface area is 149 Å². The van der Waals surface area contributed by atoms with Crippen molar-refractivity contribution < 1.29 is 9.53 Å². The van der Waals surface area contributed by atoms with E-state index in [2.05, 4.69) is 34.0 Å². The Morgan fingerprint density at radius 2 is 2.24 bits per heavy atom. The molecule has 4 rings (SSSR count). The number of hydrogen-bond acceptors (Lipinski definition) is 3. The molecule has 1 aliphatic heterocycles. The van der Waals surface area contributed by atoms with E-state index in [0.717, 1.165) is 25.4 Å². The highest BCUT2D eigenvalue weighted by molar-refractivity contribution is 5.74. The van der Waals surface area contributed by atoms with E-state index < -0.39 is 0 Å². The van der Waals surface area contributed by atoms with Crippen molar-refractivity contribution in [2.75, 3.05) is 6.61 Å². The SMILES string of the molecule is CC(C)Cn1ccnc1CNC(=O)N[C@@H]1[C@H]2CCO[C@H]2C12CCCC2. The van der Waals surface area contributed by atoms with Gasteiger partial charge >= 0.3 is 6.03 Å². The molecule has 138 valence electrons. The summed E-state index contributed by atoms with van der Waals surface area (Å²) in [6.07, 6.45) is 10.2. The molecule has 1 aromatic heterocycles. The van der Waals surface area contributed by atoms with E-state index in [-0.39, 0.29) is 17.5 Å². The third-order valence-electron chi connectivity index (χ3n) is 6.34. The lowest BCUT2D eigenvalue weighted by molar-refractivity contribution is -0.126. The standard InChI is InChI=1S/C19H30N4O2/c1-13(2)12-23-9-8-20-15(23)11-21-18(24)22-16-14-5-10-25-17(14)19(16)6-3-4-7-19/h8-9,13-14,16-17H,3-7,10-12H2,1-2H3,(H2,21,22,24)/t14-,16-,17-/m1/s1. The second-order valence-electron chi connectivity index (χ2n) is 8.38. The summed E-state index contributed by atoms with van der Waals surface area (Å²) in [6.45, 7) is 6.61. The number of hydrogen-bond donors (Lipinski definition) is 2. The molecule has 2 saturated carbocycles. The van der Waals surface area contributed by atoms with E-state index in [1.54, 1.807) is 6.20 Å². The number of urea groups is 1. The zero-order chi connectivity index (χ0) is 17.4. The van der Waals surface area contributed by atoms with Crippen LogP contribution >= 0.6 is 0 Å². The molecule has 1 saturated heterocycles. The lowest BCUT2D eigenvalue weighted by Gasteiger charge is -2.56. The molecule has 3 atom stereocenters. The smallest absolute Gasteiger partial charge is 0.315 e. The quantitative estimate of drug-likeness (QED) is 0.861. The van der Waals surface area contributed by atoms with Crippen molar-refractivity contribution in [1.82, 2.24) is 20.2 Å². The van der Waals surface area contributed by atoms with Gasteiger partial charge in [-0.3, -0.25) is 0 Å². The highest BCUT2D eigenvalue weighted by Crippen LogP contribution is 2.60. The first-order valence-corrected chi connectivity index (χ1v) is 9.76. The van der Waals surface area contributed by atoms with Crippen molar-refractivity contribution in [2.24, 2.45) is 17.3 Å². The molecule has 6 nitrogen and oxygen atoms in total. The van der Waals surface area contributed by atoms with Crippen molar-refractivity contribution in [1.29, 1.82) is 0 Å². The van der Waals surface area contributed by atoms with Gasteiger partial charge in [0.15, 0.2) is 0 Å². The molecule has 2 aliphatic carbocycles. The molecule has 1 spiro atoms. The number of rotatable bonds is 5. The Bertz CT molecular complexity index is 621. The minimum atomic E-state index is -0.0688. The molecule has 0 aromatic carbocycles. The van der Waals surface area contributed by atoms with Gasteiger partial charge in [-0.25, -0.2) is 9.78 Å². The average Bonchev–Trinajstić information content (AvgIpc) is 3.30. The predicted octanol–water partition coefficient (Wildman–Crippen LogP) is 2.69. The molecule has 3 aliphatic rings. The lowest BCUT2D eigenvalue weighted by Crippen LogP contribution is -2.69. The topological polar surface area (TPSA) is 68.2 Å². The number of nitrogens with one attached hydrogen (secondary N) is 2. The summed E-state index contributed by atoms with van der Waals surface area (Å²) in [5.74, 6) is 1.97. The fourth-order valence-corrected chi connectivity index (χ4v) is 5.32. The van der Waals surface area contributed by atoms with E-state index in [1.807, 2.05) is 6.20 Å². The lowest BCUT2D eigenvalue weighted by atomic mass is 9.54. The Balaban J connectivity index is 1.34. The van der Waals surface area contributed by atoms with Crippen LogP contribution in [0.5, 0.6) is 0 Å². The van der Waals surface area contributed by atoms with Crippen molar-refractivity contribution >= 4 is 6.03 Å². The number of ether oxygens (including phenoxy) is 1. The van der Waals surface area contributed by atoms with Crippen LogP contribution in [-0.2, 0) is 17.8 Å². The fourth-order valence-electron chi connectivity index (χ4n) is 5.32. The predicted molar refractivity (Wildman–Crippen MR) is 95.0 cm³/mol. The summed E-state index contributed by atoms with van der Waals surface area (Å²) in [7, 11) is 0. The van der Waals surface area contributed by atoms with E-state index in [4.69, 9.17) is 4.74 Å². The number of fused-ring (bicyclic) bond motifs is 2. The number of aromatic nitrogens is 2. The van der Waals surface area contributed by atoms with Gasteiger partial charge in [-0.2, -0.15) is 0 Å². The summed E-state index contributed by atoms with van der Waals surface area (Å²) >= 11 is 0. The molecular formula is C19H30N4O2. The van der Waals surface area contributed by atoms with Crippen molar-refractivity contribution in [3.8, 4) is 0 Å². The van der Waals surface area contributed by atoms with Crippen LogP contribution in [0.15, 0.2) is 12.4 Å². The van der Waals surface area contributed by atoms with E-state index >= 15 is 0 Å². The second kappa shape index (κ2) is 6.63. The first-order chi connectivity index (χ1) is 12.1. The Morgan fingerprint density at radius 3 is 3.00 bits per heavy atom. The normalized spacial score (nSPS) is 29.6. The van der Waals surface area contributed by atoms with Gasteiger partial charge in [0.25, 0.3) is 0 Å². The van der Waals surface area contributed by atoms with Gasteiger partial charge in [0.05, 0.1) is 12.6 Å². The largest absolute Gasteiger partial charge is 0.377 e. The zero-order valence-corrected chi connectivity index (χ0v) is 15.3. The molecule has 3 fully saturated rings. The van der Waals surface area contributed by atoms with Gasteiger partial charge in [0.2, 0.25) is 0 Å². The van der Waals surface area contributed by atoms with Crippen molar-refractivity contribution in [3.05, 3.63) is 18.2 Å². The number of carbonyl (C=O) groups excluding carboxylic acids is 1. The Hall–Kier alpha value is -1.56. The van der Waals surface area contributed by atoms with Crippen molar-refractivity contribution in [3.63, 3.8) is 0 Å². The number of carbonyl (C=O) groups is 1. The van der Waals surface area contributed by atoms with E-state index in [1.165, 1.54) is 25.7 Å². The van der Waals surface area contributed by atoms with Crippen LogP contribution in [0.1, 0.15) is 51.8 Å². The van der Waals surface area contributed by atoms with Crippen LogP contribution in [0.4, 0.5) is 4.79 Å². The highest BCUT2D eigenvalue weighted by atomic mass is 16.5. The molecule has 2 N–H and O–H groups in total. The van der Waals surface area contributed by atoms with Gasteiger partial charge in [-0.1, -0.05) is 26.7 Å². The number of amides is 2. The molecule has 25 heavy (non-hydrogen) atoms. The van der Waals surface area contributed by atoms with E-state index in [0.29, 0.717) is 24.5 Å². The van der Waals surface area contributed by atoms with Crippen LogP contribution in [0.25, 0.3) is 0 Å². The van der Waals surface area contributed by atoms with Gasteiger partial charge < -0.3 is 19.9 Å². The summed E-state index contributed by atoms with van der Waals surface area (Å²) in [5.41, 5.74) is 0.203. The van der Waals surface area contributed by atoms with Gasteiger partial charge in [-0.15, -0.1) is 0 Å². The van der Waals surface area contributed by atoms with Gasteiger partial charge in [-0.05, 0) is 25.2 Å². The Morgan fingerprint density at radius 1 is 1.44 bits per heavy atom. The van der Waals surface area contributed by atoms with E-state index in [9.17, 15) is 4.79 Å². The second-order valence-corrected chi connectivity index (χ2v) is 8.38. The third kappa shape index (κ3) is 2.94. The van der Waals surface area contributed by atoms with Crippen LogP contribution in [-0.4, -0.2) is 34.3 Å². The maximum Gasteiger partial charge on any atom is 0.315 e. The Kier molecular flexibility index (Phi) is 4.48. The van der Waals surface area contributed by atoms with Crippen LogP contribution in [0.3, 0.4) is 0 Å². The molecule has 0 bridgehead atoms. The fraction of sp³-hybridized carbons (Fsp3) is 0.789. The summed E-state index contributed by atoms with van der Waals surface area (Å²) in [6, 6.07) is 0.207. The van der Waals surface area contributed by atoms with Crippen LogP contribution in [0, 0.1) is 17.3 Å². The number of nitrogens with zero attached hydrogens (tertiary/aromatic N) is 2. The van der Waals surface area contributed by atoms with Crippen LogP contribution in [0.2, 0.25) is 0 Å². The average molecular weight is 346 g/mol. The third-order valence-corrected chi connectivity index (χ3v) is 6.34. The number of imidazole rings is 1. The minimum absolute atomic E-state index is 0.0688. The van der Waals surface area contributed by atoms with Crippen LogP contribution < -0.4 is 10.6 Å². The van der Waals surface area contributed by atoms with Gasteiger partial charge in [0.1, 0.15) is 5.82 Å². The molecule has 0 unspecified atom stereocenters. The van der Waals surface area contributed by atoms with Crippen molar-refractivity contribution in [2.45, 2.75) is 71.2 Å². The molecule has 0 radical (unpaired) electrons. The minimum Gasteiger partial charge on any atom is -0.377 e. The summed E-state index contributed by atoms with van der Waals surface area (Å²) < 4.78 is 8.11. The summed E-state index contributed by atoms with van der Waals surface area (Å²) in [5, 5.41) is 6.29. The first-order valence-electron chi connectivity index (χ1n) is 9.76. The summed E-state index contributed by atoms with van der Waals surface area (Å²) in [4.78, 5) is 16.9. The first kappa shape index (κ1) is 16.9. The molecule has 2 amide bonds. The maximum absolute atomic E-state index is 12.5. The monoisotopic (exact) mass is 346 g/mol. The molecular weight excluding hydrogens is 316 g/mol. The molecule has 1 aromatic rings. The maximum atomic E-state index is 12.5. The molecule has 2 heterocycles. The molecule has 6 heteroatoms. The zero-order valence-electron chi connectivity index (χ0n) is 15.3.